The molecule has 0 radical (unpaired) electrons. The van der Waals surface area contributed by atoms with Crippen LogP contribution in [0.2, 0.25) is 0 Å². The molecule has 0 saturated heterocycles. The summed E-state index contributed by atoms with van der Waals surface area (Å²) in [6.07, 6.45) is 1.43. The Morgan fingerprint density at radius 1 is 1.22 bits per heavy atom. The molecular formula is C18H20N6O2S. The summed E-state index contributed by atoms with van der Waals surface area (Å²) < 4.78 is 3.18. The molecule has 2 heterocycles. The van der Waals surface area contributed by atoms with E-state index in [0.717, 1.165) is 22.6 Å². The standard InChI is InChI=1S/C18H20N6O2S/c1-11-15(12(2)24(22-11)10-13-7-5-4-6-8-13)21-18(27)20-14-9-19-23(3)16(14)17(25)26/h4-9H,10H2,1-3H3,(H,25,26)(H2,20,21,27). The Hall–Kier alpha value is -3.20. The molecule has 8 nitrogen and oxygen atoms in total. The maximum absolute atomic E-state index is 11.4. The number of nitrogens with zero attached hydrogens (tertiary/aromatic N) is 4. The highest BCUT2D eigenvalue weighted by molar-refractivity contribution is 7.80. The van der Waals surface area contributed by atoms with Gasteiger partial charge in [0.2, 0.25) is 0 Å². The predicted octanol–water partition coefficient (Wildman–Crippen LogP) is 2.79. The van der Waals surface area contributed by atoms with Crippen molar-refractivity contribution in [3.05, 3.63) is 59.2 Å². The number of aromatic carboxylic acids is 1. The van der Waals surface area contributed by atoms with Gasteiger partial charge in [-0.1, -0.05) is 30.3 Å². The van der Waals surface area contributed by atoms with Crippen molar-refractivity contribution in [2.45, 2.75) is 20.4 Å². The lowest BCUT2D eigenvalue weighted by Crippen LogP contribution is -2.21. The molecule has 0 bridgehead atoms. The number of anilines is 2. The molecule has 0 amide bonds. The summed E-state index contributed by atoms with van der Waals surface area (Å²) in [5.41, 5.74) is 4.05. The number of thiocarbonyl (C=S) groups is 1. The number of carboxylic acids is 1. The summed E-state index contributed by atoms with van der Waals surface area (Å²) >= 11 is 5.34. The van der Waals surface area contributed by atoms with Crippen LogP contribution in [0, 0.1) is 13.8 Å². The molecular weight excluding hydrogens is 364 g/mol. The number of rotatable bonds is 5. The zero-order valence-corrected chi connectivity index (χ0v) is 16.0. The Bertz CT molecular complexity index is 993. The van der Waals surface area contributed by atoms with Gasteiger partial charge in [-0.05, 0) is 31.6 Å². The Kier molecular flexibility index (Phi) is 5.22. The first-order chi connectivity index (χ1) is 12.9. The van der Waals surface area contributed by atoms with Crippen LogP contribution in [0.25, 0.3) is 0 Å². The fourth-order valence-electron chi connectivity index (χ4n) is 2.84. The lowest BCUT2D eigenvalue weighted by molar-refractivity contribution is 0.0686. The number of benzene rings is 1. The summed E-state index contributed by atoms with van der Waals surface area (Å²) in [5, 5.41) is 24.1. The van der Waals surface area contributed by atoms with Gasteiger partial charge >= 0.3 is 5.97 Å². The first kappa shape index (κ1) is 18.6. The van der Waals surface area contributed by atoms with Gasteiger partial charge < -0.3 is 15.7 Å². The van der Waals surface area contributed by atoms with Gasteiger partial charge in [-0.25, -0.2) is 4.79 Å². The van der Waals surface area contributed by atoms with Crippen LogP contribution in [0.5, 0.6) is 0 Å². The maximum Gasteiger partial charge on any atom is 0.356 e. The summed E-state index contributed by atoms with van der Waals surface area (Å²) in [6.45, 7) is 4.51. The lowest BCUT2D eigenvalue weighted by Gasteiger charge is -2.11. The molecule has 140 valence electrons. The zero-order valence-electron chi connectivity index (χ0n) is 15.2. The molecule has 0 aliphatic heterocycles. The highest BCUT2D eigenvalue weighted by Crippen LogP contribution is 2.21. The number of aromatic nitrogens is 4. The lowest BCUT2D eigenvalue weighted by atomic mass is 10.2. The van der Waals surface area contributed by atoms with Gasteiger partial charge in [0.25, 0.3) is 0 Å². The van der Waals surface area contributed by atoms with Gasteiger partial charge in [0.05, 0.1) is 35.5 Å². The van der Waals surface area contributed by atoms with E-state index < -0.39 is 5.97 Å². The topological polar surface area (TPSA) is 97.0 Å². The smallest absolute Gasteiger partial charge is 0.356 e. The van der Waals surface area contributed by atoms with Crippen LogP contribution in [0.3, 0.4) is 0 Å². The molecule has 1 aromatic carbocycles. The number of carboxylic acid groups (broad SMARTS) is 1. The first-order valence-electron chi connectivity index (χ1n) is 8.28. The molecule has 0 fully saturated rings. The van der Waals surface area contributed by atoms with E-state index in [-0.39, 0.29) is 10.8 Å². The van der Waals surface area contributed by atoms with Crippen molar-refractivity contribution in [1.82, 2.24) is 19.6 Å². The molecule has 27 heavy (non-hydrogen) atoms. The van der Waals surface area contributed by atoms with E-state index in [4.69, 9.17) is 12.2 Å². The Balaban J connectivity index is 1.76. The summed E-state index contributed by atoms with van der Waals surface area (Å²) in [7, 11) is 1.56. The molecule has 0 aliphatic rings. The van der Waals surface area contributed by atoms with Crippen LogP contribution in [0.15, 0.2) is 36.5 Å². The van der Waals surface area contributed by atoms with Crippen LogP contribution in [-0.2, 0) is 13.6 Å². The van der Waals surface area contributed by atoms with Crippen molar-refractivity contribution < 1.29 is 9.90 Å². The maximum atomic E-state index is 11.4. The van der Waals surface area contributed by atoms with Gasteiger partial charge in [0.1, 0.15) is 0 Å². The Morgan fingerprint density at radius 2 is 1.93 bits per heavy atom. The van der Waals surface area contributed by atoms with E-state index in [9.17, 15) is 9.90 Å². The number of hydrogen-bond donors (Lipinski definition) is 3. The molecule has 0 saturated carbocycles. The van der Waals surface area contributed by atoms with Crippen molar-refractivity contribution >= 4 is 34.7 Å². The van der Waals surface area contributed by atoms with E-state index in [1.807, 2.05) is 48.9 Å². The quantitative estimate of drug-likeness (QED) is 0.582. The predicted molar refractivity (Wildman–Crippen MR) is 107 cm³/mol. The summed E-state index contributed by atoms with van der Waals surface area (Å²) in [6, 6.07) is 10.1. The third-order valence-electron chi connectivity index (χ3n) is 4.18. The largest absolute Gasteiger partial charge is 0.476 e. The Labute approximate surface area is 161 Å². The van der Waals surface area contributed by atoms with E-state index in [0.29, 0.717) is 12.2 Å². The molecule has 0 atom stereocenters. The molecule has 3 rings (SSSR count). The fourth-order valence-corrected chi connectivity index (χ4v) is 3.05. The minimum absolute atomic E-state index is 0.0346. The third-order valence-corrected chi connectivity index (χ3v) is 4.39. The second-order valence-corrected chi connectivity index (χ2v) is 6.51. The number of nitrogens with one attached hydrogen (secondary N) is 2. The van der Waals surface area contributed by atoms with Crippen molar-refractivity contribution in [3.63, 3.8) is 0 Å². The second kappa shape index (κ2) is 7.58. The van der Waals surface area contributed by atoms with Gasteiger partial charge in [0.15, 0.2) is 10.8 Å². The minimum Gasteiger partial charge on any atom is -0.476 e. The number of hydrogen-bond acceptors (Lipinski definition) is 4. The normalized spacial score (nSPS) is 10.6. The van der Waals surface area contributed by atoms with E-state index in [1.54, 1.807) is 7.05 Å². The van der Waals surface area contributed by atoms with Crippen LogP contribution in [0.1, 0.15) is 27.4 Å². The zero-order chi connectivity index (χ0) is 19.6. The van der Waals surface area contributed by atoms with Crippen LogP contribution < -0.4 is 10.6 Å². The molecule has 3 aromatic rings. The van der Waals surface area contributed by atoms with Gasteiger partial charge in [-0.3, -0.25) is 9.36 Å². The van der Waals surface area contributed by atoms with E-state index >= 15 is 0 Å². The molecule has 2 aromatic heterocycles. The Morgan fingerprint density at radius 3 is 2.59 bits per heavy atom. The highest BCUT2D eigenvalue weighted by Gasteiger charge is 2.18. The van der Waals surface area contributed by atoms with Crippen LogP contribution in [0.4, 0.5) is 11.4 Å². The average Bonchev–Trinajstić information content (AvgIpc) is 3.10. The SMILES string of the molecule is Cc1nn(Cc2ccccc2)c(C)c1NC(=S)Nc1cnn(C)c1C(=O)O. The van der Waals surface area contributed by atoms with E-state index in [2.05, 4.69) is 20.8 Å². The van der Waals surface area contributed by atoms with Gasteiger partial charge in [-0.2, -0.15) is 10.2 Å². The van der Waals surface area contributed by atoms with E-state index in [1.165, 1.54) is 10.9 Å². The minimum atomic E-state index is -1.08. The van der Waals surface area contributed by atoms with Crippen molar-refractivity contribution in [2.75, 3.05) is 10.6 Å². The van der Waals surface area contributed by atoms with Gasteiger partial charge in [0, 0.05) is 7.05 Å². The fraction of sp³-hybridized carbons (Fsp3) is 0.222. The average molecular weight is 384 g/mol. The molecule has 3 N–H and O–H groups in total. The monoisotopic (exact) mass is 384 g/mol. The first-order valence-corrected chi connectivity index (χ1v) is 8.69. The highest BCUT2D eigenvalue weighted by atomic mass is 32.1. The van der Waals surface area contributed by atoms with Crippen LogP contribution in [-0.4, -0.2) is 35.7 Å². The molecule has 0 aliphatic carbocycles. The van der Waals surface area contributed by atoms with Crippen molar-refractivity contribution in [3.8, 4) is 0 Å². The van der Waals surface area contributed by atoms with Crippen molar-refractivity contribution in [1.29, 1.82) is 0 Å². The van der Waals surface area contributed by atoms with Crippen LogP contribution >= 0.6 is 12.2 Å². The van der Waals surface area contributed by atoms with Gasteiger partial charge in [-0.15, -0.1) is 0 Å². The molecule has 0 unspecified atom stereocenters. The second-order valence-electron chi connectivity index (χ2n) is 6.10. The summed E-state index contributed by atoms with van der Waals surface area (Å²) in [4.78, 5) is 11.4. The summed E-state index contributed by atoms with van der Waals surface area (Å²) in [5.74, 6) is -1.08. The third kappa shape index (κ3) is 3.98. The molecule has 0 spiro atoms. The van der Waals surface area contributed by atoms with Crippen molar-refractivity contribution in [2.24, 2.45) is 7.05 Å². The number of aryl methyl sites for hydroxylation is 2. The molecule has 9 heteroatoms. The number of carbonyl (C=O) groups is 1.